The molecule has 0 fully saturated rings. The Bertz CT molecular complexity index is 1860. The molecule has 5 aromatic rings. The summed E-state index contributed by atoms with van der Waals surface area (Å²) in [6.07, 6.45) is 5.49. The second-order valence-corrected chi connectivity index (χ2v) is 13.0. The maximum Gasteiger partial charge on any atom is 0.321 e. The van der Waals surface area contributed by atoms with Crippen LogP contribution in [0.1, 0.15) is 35.2 Å². The van der Waals surface area contributed by atoms with Crippen LogP contribution in [0.2, 0.25) is 0 Å². The van der Waals surface area contributed by atoms with E-state index in [1.54, 1.807) is 17.5 Å². The predicted molar refractivity (Wildman–Crippen MR) is 187 cm³/mol. The van der Waals surface area contributed by atoms with Gasteiger partial charge in [-0.25, -0.2) is 4.98 Å². The lowest BCUT2D eigenvalue weighted by molar-refractivity contribution is -0.139. The van der Waals surface area contributed by atoms with Gasteiger partial charge in [-0.05, 0) is 58.9 Å². The molecule has 6 rings (SSSR count). The minimum atomic E-state index is -1.01. The van der Waals surface area contributed by atoms with Crippen LogP contribution in [-0.4, -0.2) is 64.3 Å². The summed E-state index contributed by atoms with van der Waals surface area (Å²) in [5.41, 5.74) is 3.62. The Hall–Kier alpha value is -5.20. The third kappa shape index (κ3) is 9.04. The summed E-state index contributed by atoms with van der Waals surface area (Å²) in [4.78, 5) is 46.5. The number of aryl methyl sites for hydroxylation is 1. The van der Waals surface area contributed by atoms with Crippen LogP contribution >= 0.6 is 11.3 Å². The number of imidazole rings is 1. The van der Waals surface area contributed by atoms with E-state index in [0.717, 1.165) is 32.5 Å². The topological polar surface area (TPSA) is 155 Å². The van der Waals surface area contributed by atoms with E-state index in [-0.39, 0.29) is 38.0 Å². The lowest BCUT2D eigenvalue weighted by Crippen LogP contribution is -2.54. The molecule has 2 amide bonds. The molecule has 0 spiro atoms. The number of carbonyl (C=O) groups excluding carboxylic acids is 2. The van der Waals surface area contributed by atoms with E-state index in [9.17, 15) is 19.5 Å². The van der Waals surface area contributed by atoms with E-state index in [1.165, 1.54) is 6.33 Å². The quantitative estimate of drug-likeness (QED) is 0.0967. The number of nitrogens with one attached hydrogen (secondary N) is 4. The Morgan fingerprint density at radius 3 is 2.55 bits per heavy atom. The molecular formula is C37H39N5O6S. The summed E-state index contributed by atoms with van der Waals surface area (Å²) < 4.78 is 12.2. The molecular weight excluding hydrogens is 643 g/mol. The molecule has 0 radical (unpaired) electrons. The number of hydrogen-bond donors (Lipinski definition) is 5. The number of hydrogen-bond acceptors (Lipinski definition) is 8. The first-order valence-corrected chi connectivity index (χ1v) is 17.2. The van der Waals surface area contributed by atoms with Crippen LogP contribution in [0.25, 0.3) is 10.1 Å². The van der Waals surface area contributed by atoms with Crippen LogP contribution in [0.5, 0.6) is 11.5 Å². The minimum absolute atomic E-state index is 0.183. The highest BCUT2D eigenvalue weighted by atomic mass is 32.1. The lowest BCUT2D eigenvalue weighted by Gasteiger charge is -2.25. The summed E-state index contributed by atoms with van der Waals surface area (Å²) >= 11 is 1.60. The van der Waals surface area contributed by atoms with Gasteiger partial charge in [0, 0.05) is 48.4 Å². The van der Waals surface area contributed by atoms with E-state index in [2.05, 4.69) is 25.9 Å². The fourth-order valence-electron chi connectivity index (χ4n) is 6.04. The number of aromatic amines is 1. The monoisotopic (exact) mass is 681 g/mol. The average Bonchev–Trinajstić information content (AvgIpc) is 3.89. The second kappa shape index (κ2) is 16.3. The highest BCUT2D eigenvalue weighted by Crippen LogP contribution is 2.36. The van der Waals surface area contributed by atoms with Gasteiger partial charge in [-0.2, -0.15) is 0 Å². The molecule has 0 unspecified atom stereocenters. The zero-order chi connectivity index (χ0) is 34.0. The zero-order valence-electron chi connectivity index (χ0n) is 26.9. The van der Waals surface area contributed by atoms with Crippen molar-refractivity contribution in [2.45, 2.75) is 56.7 Å². The smallest absolute Gasteiger partial charge is 0.321 e. The molecule has 11 nitrogen and oxygen atoms in total. The fraction of sp³-hybridized carbons (Fsp3) is 0.297. The van der Waals surface area contributed by atoms with Gasteiger partial charge in [-0.3, -0.25) is 14.4 Å². The first-order chi connectivity index (χ1) is 23.9. The summed E-state index contributed by atoms with van der Waals surface area (Å²) in [5.74, 6) is -0.145. The van der Waals surface area contributed by atoms with Crippen molar-refractivity contribution in [1.29, 1.82) is 0 Å². The van der Waals surface area contributed by atoms with Crippen molar-refractivity contribution in [3.63, 3.8) is 0 Å². The van der Waals surface area contributed by atoms with E-state index in [4.69, 9.17) is 9.47 Å². The molecule has 0 saturated carbocycles. The standard InChI is InChI=1S/C37H39N5O6S/c43-34(15-7-11-25-10-6-13-32-35(25)48-23-47-32)42-30(17-26-21-49-33-14-5-4-12-29(26)33)36(44)41-28(16-24-8-2-1-3-9-24)20-39-31(37(45)46)18-27-19-38-22-40-27/h1-6,8-10,12-14,19,21-22,28,30-31,39H,7,11,15-18,20,23H2,(H,38,40)(H,41,44)(H,42,43)(H,45,46)/t28-,30+,31+/m1/s1. The van der Waals surface area contributed by atoms with E-state index < -0.39 is 24.1 Å². The Morgan fingerprint density at radius 2 is 1.73 bits per heavy atom. The molecule has 254 valence electrons. The van der Waals surface area contributed by atoms with Gasteiger partial charge in [0.25, 0.3) is 0 Å². The number of aliphatic carboxylic acids is 1. The normalized spacial score (nSPS) is 13.9. The average molecular weight is 682 g/mol. The Labute approximate surface area is 288 Å². The molecule has 2 aromatic heterocycles. The molecule has 3 heterocycles. The van der Waals surface area contributed by atoms with Crippen molar-refractivity contribution >= 4 is 39.2 Å². The summed E-state index contributed by atoms with van der Waals surface area (Å²) in [5, 5.41) is 22.3. The number of aromatic nitrogens is 2. The van der Waals surface area contributed by atoms with E-state index in [1.807, 2.05) is 78.2 Å². The number of benzene rings is 3. The van der Waals surface area contributed by atoms with Crippen LogP contribution in [-0.2, 0) is 40.1 Å². The largest absolute Gasteiger partial charge is 0.480 e. The van der Waals surface area contributed by atoms with Crippen LogP contribution in [0.3, 0.4) is 0 Å². The molecule has 0 aliphatic carbocycles. The number of ether oxygens (including phenoxy) is 2. The SMILES string of the molecule is O=C(CCCc1cccc2c1OCO2)N[C@@H](Cc1csc2ccccc12)C(=O)N[C@@H](CN[C@@H](Cc1cnc[nH]1)C(=O)O)Cc1ccccc1. The third-order valence-corrected chi connectivity index (χ3v) is 9.54. The Balaban J connectivity index is 1.16. The molecule has 5 N–H and O–H groups in total. The number of nitrogens with zero attached hydrogens (tertiary/aromatic N) is 1. The first-order valence-electron chi connectivity index (χ1n) is 16.3. The van der Waals surface area contributed by atoms with Gasteiger partial charge >= 0.3 is 5.97 Å². The van der Waals surface area contributed by atoms with Crippen molar-refractivity contribution in [1.82, 2.24) is 25.9 Å². The highest BCUT2D eigenvalue weighted by molar-refractivity contribution is 7.17. The summed E-state index contributed by atoms with van der Waals surface area (Å²) in [6.45, 7) is 0.379. The number of carboxylic acid groups (broad SMARTS) is 1. The van der Waals surface area contributed by atoms with Crippen molar-refractivity contribution in [2.75, 3.05) is 13.3 Å². The molecule has 12 heteroatoms. The Kier molecular flexibility index (Phi) is 11.2. The maximum absolute atomic E-state index is 14.1. The molecule has 0 bridgehead atoms. The number of H-pyrrole nitrogens is 1. The number of thiophene rings is 1. The van der Waals surface area contributed by atoms with Crippen molar-refractivity contribution in [3.8, 4) is 11.5 Å². The number of rotatable bonds is 17. The number of fused-ring (bicyclic) bond motifs is 2. The van der Waals surface area contributed by atoms with Crippen LogP contribution in [0.4, 0.5) is 0 Å². The lowest BCUT2D eigenvalue weighted by atomic mass is 10.0. The Morgan fingerprint density at radius 1 is 0.898 bits per heavy atom. The fourth-order valence-corrected chi connectivity index (χ4v) is 7.01. The molecule has 1 aliphatic heterocycles. The number of amides is 2. The van der Waals surface area contributed by atoms with Gasteiger partial charge < -0.3 is 35.5 Å². The van der Waals surface area contributed by atoms with Gasteiger partial charge in [0.15, 0.2) is 11.5 Å². The van der Waals surface area contributed by atoms with Crippen LogP contribution < -0.4 is 25.4 Å². The number of carbonyl (C=O) groups is 3. The van der Waals surface area contributed by atoms with E-state index >= 15 is 0 Å². The molecule has 49 heavy (non-hydrogen) atoms. The van der Waals surface area contributed by atoms with Crippen molar-refractivity contribution < 1.29 is 29.0 Å². The van der Waals surface area contributed by atoms with Gasteiger partial charge in [0.1, 0.15) is 12.1 Å². The van der Waals surface area contributed by atoms with Gasteiger partial charge in [0.2, 0.25) is 18.6 Å². The third-order valence-electron chi connectivity index (χ3n) is 8.52. The summed E-state index contributed by atoms with van der Waals surface area (Å²) in [6, 6.07) is 21.2. The highest BCUT2D eigenvalue weighted by Gasteiger charge is 2.27. The van der Waals surface area contributed by atoms with Gasteiger partial charge in [0.05, 0.1) is 6.33 Å². The molecule has 1 aliphatic rings. The van der Waals surface area contributed by atoms with Gasteiger partial charge in [-0.15, -0.1) is 11.3 Å². The maximum atomic E-state index is 14.1. The zero-order valence-corrected chi connectivity index (χ0v) is 27.7. The van der Waals surface area contributed by atoms with Crippen molar-refractivity contribution in [3.05, 3.63) is 113 Å². The first kappa shape index (κ1) is 33.7. The van der Waals surface area contributed by atoms with E-state index in [0.29, 0.717) is 37.1 Å². The minimum Gasteiger partial charge on any atom is -0.480 e. The predicted octanol–water partition coefficient (Wildman–Crippen LogP) is 4.42. The molecule has 0 saturated heterocycles. The van der Waals surface area contributed by atoms with Crippen LogP contribution in [0, 0.1) is 0 Å². The van der Waals surface area contributed by atoms with Crippen molar-refractivity contribution in [2.24, 2.45) is 0 Å². The summed E-state index contributed by atoms with van der Waals surface area (Å²) in [7, 11) is 0. The number of carboxylic acids is 1. The molecule has 3 atom stereocenters. The van der Waals surface area contributed by atoms with Crippen LogP contribution in [0.15, 0.2) is 90.7 Å². The second-order valence-electron chi connectivity index (χ2n) is 12.1. The number of para-hydroxylation sites is 1. The van der Waals surface area contributed by atoms with Gasteiger partial charge in [-0.1, -0.05) is 60.7 Å². The molecule has 3 aromatic carbocycles.